The summed E-state index contributed by atoms with van der Waals surface area (Å²) in [5.74, 6) is -0.0125. The smallest absolute Gasteiger partial charge is 0.257 e. The van der Waals surface area contributed by atoms with Gasteiger partial charge < -0.3 is 14.8 Å². The van der Waals surface area contributed by atoms with Crippen LogP contribution in [0.3, 0.4) is 0 Å². The average molecular weight is 331 g/mol. The summed E-state index contributed by atoms with van der Waals surface area (Å²) in [4.78, 5) is 20.4. The van der Waals surface area contributed by atoms with Crippen molar-refractivity contribution in [2.45, 2.75) is 0 Å². The number of hydrogen-bond donors (Lipinski definition) is 2. The highest BCUT2D eigenvalue weighted by atomic mass is 16.3. The summed E-state index contributed by atoms with van der Waals surface area (Å²) in [5, 5.41) is 13.0. The van der Waals surface area contributed by atoms with Gasteiger partial charge in [0.15, 0.2) is 5.58 Å². The molecular weight excluding hydrogens is 318 g/mol. The maximum atomic E-state index is 12.1. The van der Waals surface area contributed by atoms with Crippen LogP contribution in [0.2, 0.25) is 0 Å². The molecule has 0 saturated heterocycles. The van der Waals surface area contributed by atoms with E-state index in [1.54, 1.807) is 30.5 Å². The number of carbonyl (C=O) groups is 1. The molecule has 0 bridgehead atoms. The van der Waals surface area contributed by atoms with Crippen LogP contribution >= 0.6 is 0 Å². The van der Waals surface area contributed by atoms with E-state index in [9.17, 15) is 9.90 Å². The zero-order valence-electron chi connectivity index (χ0n) is 13.0. The minimum atomic E-state index is -0.304. The summed E-state index contributed by atoms with van der Waals surface area (Å²) in [6.07, 6.45) is 3.07. The van der Waals surface area contributed by atoms with Crippen LogP contribution in [0, 0.1) is 0 Å². The fraction of sp³-hybridized carbons (Fsp3) is 0. The Morgan fingerprint density at radius 1 is 1.08 bits per heavy atom. The largest absolute Gasteiger partial charge is 0.507 e. The summed E-state index contributed by atoms with van der Waals surface area (Å²) in [5.41, 5.74) is 2.71. The Hall–Kier alpha value is -3.67. The number of phenols is 1. The van der Waals surface area contributed by atoms with Crippen molar-refractivity contribution in [3.8, 4) is 17.2 Å². The van der Waals surface area contributed by atoms with Gasteiger partial charge in [0.05, 0.1) is 11.1 Å². The summed E-state index contributed by atoms with van der Waals surface area (Å²) in [7, 11) is 0. The van der Waals surface area contributed by atoms with Crippen LogP contribution in [0.4, 0.5) is 5.69 Å². The van der Waals surface area contributed by atoms with E-state index in [1.807, 2.05) is 24.3 Å². The van der Waals surface area contributed by atoms with Gasteiger partial charge in [0.25, 0.3) is 5.91 Å². The molecular formula is C19H13N3O3. The quantitative estimate of drug-likeness (QED) is 0.595. The van der Waals surface area contributed by atoms with E-state index < -0.39 is 0 Å². The molecule has 122 valence electrons. The number of nitrogens with zero attached hydrogens (tertiary/aromatic N) is 2. The number of aromatic hydroxyl groups is 1. The highest BCUT2D eigenvalue weighted by Crippen LogP contribution is 2.33. The van der Waals surface area contributed by atoms with E-state index in [1.165, 1.54) is 12.3 Å². The van der Waals surface area contributed by atoms with E-state index in [0.717, 1.165) is 0 Å². The van der Waals surface area contributed by atoms with Crippen molar-refractivity contribution in [2.75, 3.05) is 5.32 Å². The van der Waals surface area contributed by atoms with Crippen LogP contribution in [0.1, 0.15) is 10.4 Å². The number of benzene rings is 2. The van der Waals surface area contributed by atoms with E-state index >= 15 is 0 Å². The van der Waals surface area contributed by atoms with Gasteiger partial charge in [-0.05, 0) is 36.4 Å². The van der Waals surface area contributed by atoms with Crippen LogP contribution in [0.15, 0.2) is 71.4 Å². The number of pyridine rings is 1. The van der Waals surface area contributed by atoms with Crippen LogP contribution < -0.4 is 5.32 Å². The molecule has 4 aromatic rings. The summed E-state index contributed by atoms with van der Waals surface area (Å²) < 4.78 is 5.66. The maximum Gasteiger partial charge on any atom is 0.257 e. The van der Waals surface area contributed by atoms with Crippen molar-refractivity contribution in [2.24, 2.45) is 0 Å². The summed E-state index contributed by atoms with van der Waals surface area (Å²) in [6, 6.07) is 15.5. The van der Waals surface area contributed by atoms with Crippen molar-refractivity contribution in [1.29, 1.82) is 0 Å². The standard InChI is InChI=1S/C19H13N3O3/c23-16-10-13(21-18(24)12-4-3-9-20-11-12)7-8-14(16)19-22-15-5-1-2-6-17(15)25-19/h1-11,23H,(H,21,24). The molecule has 0 saturated carbocycles. The third-order valence-electron chi connectivity index (χ3n) is 3.70. The molecule has 0 aliphatic rings. The van der Waals surface area contributed by atoms with Gasteiger partial charge in [-0.3, -0.25) is 9.78 Å². The molecule has 0 aliphatic heterocycles. The number of aromatic nitrogens is 2. The fourth-order valence-corrected chi connectivity index (χ4v) is 2.48. The third kappa shape index (κ3) is 2.92. The average Bonchev–Trinajstić information content (AvgIpc) is 3.06. The van der Waals surface area contributed by atoms with Crippen LogP contribution in [0.5, 0.6) is 5.75 Å². The second-order valence-electron chi connectivity index (χ2n) is 5.41. The minimum absolute atomic E-state index is 0.0319. The van der Waals surface area contributed by atoms with Gasteiger partial charge in [0.1, 0.15) is 11.3 Å². The second-order valence-corrected chi connectivity index (χ2v) is 5.41. The summed E-state index contributed by atoms with van der Waals surface area (Å²) in [6.45, 7) is 0. The molecule has 0 fully saturated rings. The minimum Gasteiger partial charge on any atom is -0.507 e. The third-order valence-corrected chi connectivity index (χ3v) is 3.70. The number of fused-ring (bicyclic) bond motifs is 1. The van der Waals surface area contributed by atoms with Crippen molar-refractivity contribution in [3.63, 3.8) is 0 Å². The van der Waals surface area contributed by atoms with Gasteiger partial charge in [-0.1, -0.05) is 12.1 Å². The van der Waals surface area contributed by atoms with E-state index in [-0.39, 0.29) is 11.7 Å². The Morgan fingerprint density at radius 2 is 1.96 bits per heavy atom. The highest BCUT2D eigenvalue weighted by molar-refractivity contribution is 6.04. The maximum absolute atomic E-state index is 12.1. The second kappa shape index (κ2) is 6.09. The number of anilines is 1. The number of nitrogens with one attached hydrogen (secondary N) is 1. The zero-order valence-corrected chi connectivity index (χ0v) is 13.0. The lowest BCUT2D eigenvalue weighted by Gasteiger charge is -2.07. The molecule has 1 amide bonds. The lowest BCUT2D eigenvalue weighted by atomic mass is 10.1. The molecule has 0 unspecified atom stereocenters. The Morgan fingerprint density at radius 3 is 2.72 bits per heavy atom. The first-order chi connectivity index (χ1) is 12.2. The van der Waals surface area contributed by atoms with Crippen LogP contribution in [0.25, 0.3) is 22.6 Å². The Bertz CT molecular complexity index is 1020. The molecule has 2 aromatic carbocycles. The molecule has 0 spiro atoms. The van der Waals surface area contributed by atoms with E-state index in [2.05, 4.69) is 15.3 Å². The number of phenolic OH excluding ortho intramolecular Hbond substituents is 1. The van der Waals surface area contributed by atoms with Gasteiger partial charge >= 0.3 is 0 Å². The molecule has 6 heteroatoms. The highest BCUT2D eigenvalue weighted by Gasteiger charge is 2.13. The Balaban J connectivity index is 1.61. The van der Waals surface area contributed by atoms with Gasteiger partial charge in [-0.2, -0.15) is 0 Å². The first-order valence-corrected chi connectivity index (χ1v) is 7.61. The first-order valence-electron chi connectivity index (χ1n) is 7.61. The molecule has 4 rings (SSSR count). The van der Waals surface area contributed by atoms with Gasteiger partial charge in [0.2, 0.25) is 5.89 Å². The number of rotatable bonds is 3. The molecule has 2 heterocycles. The lowest BCUT2D eigenvalue weighted by Crippen LogP contribution is -2.11. The fourth-order valence-electron chi connectivity index (χ4n) is 2.48. The predicted molar refractivity (Wildman–Crippen MR) is 93.3 cm³/mol. The first kappa shape index (κ1) is 14.9. The number of hydrogen-bond acceptors (Lipinski definition) is 5. The van der Waals surface area contributed by atoms with Crippen molar-refractivity contribution in [3.05, 3.63) is 72.6 Å². The van der Waals surface area contributed by atoms with Gasteiger partial charge in [-0.15, -0.1) is 0 Å². The molecule has 2 N–H and O–H groups in total. The van der Waals surface area contributed by atoms with Gasteiger partial charge in [-0.25, -0.2) is 4.98 Å². The zero-order chi connectivity index (χ0) is 17.2. The monoisotopic (exact) mass is 331 g/mol. The van der Waals surface area contributed by atoms with E-state index in [4.69, 9.17) is 4.42 Å². The molecule has 6 nitrogen and oxygen atoms in total. The van der Waals surface area contributed by atoms with E-state index in [0.29, 0.717) is 33.8 Å². The summed E-state index contributed by atoms with van der Waals surface area (Å²) >= 11 is 0. The molecule has 0 radical (unpaired) electrons. The SMILES string of the molecule is O=C(Nc1ccc(-c2nc3ccccc3o2)c(O)c1)c1cccnc1. The Kier molecular flexibility index (Phi) is 3.63. The normalized spacial score (nSPS) is 10.7. The predicted octanol–water partition coefficient (Wildman–Crippen LogP) is 3.85. The van der Waals surface area contributed by atoms with Crippen molar-refractivity contribution < 1.29 is 14.3 Å². The number of carbonyl (C=O) groups excluding carboxylic acids is 1. The van der Waals surface area contributed by atoms with Crippen molar-refractivity contribution in [1.82, 2.24) is 9.97 Å². The van der Waals surface area contributed by atoms with Crippen molar-refractivity contribution >= 4 is 22.7 Å². The molecule has 2 aromatic heterocycles. The van der Waals surface area contributed by atoms with Gasteiger partial charge in [0, 0.05) is 24.1 Å². The molecule has 25 heavy (non-hydrogen) atoms. The van der Waals surface area contributed by atoms with Crippen LogP contribution in [-0.2, 0) is 0 Å². The lowest BCUT2D eigenvalue weighted by molar-refractivity contribution is 0.102. The number of para-hydroxylation sites is 2. The molecule has 0 atom stereocenters. The molecule has 0 aliphatic carbocycles. The van der Waals surface area contributed by atoms with Crippen LogP contribution in [-0.4, -0.2) is 21.0 Å². The topological polar surface area (TPSA) is 88.2 Å². The number of oxazole rings is 1. The Labute approximate surface area is 142 Å². The number of amides is 1.